The van der Waals surface area contributed by atoms with Crippen molar-refractivity contribution in [2.75, 3.05) is 20.6 Å². The van der Waals surface area contributed by atoms with Gasteiger partial charge in [-0.15, -0.1) is 0 Å². The van der Waals surface area contributed by atoms with Crippen LogP contribution in [0.25, 0.3) is 0 Å². The number of hydrogen-bond acceptors (Lipinski definition) is 5. The van der Waals surface area contributed by atoms with Gasteiger partial charge in [0.05, 0.1) is 12.1 Å². The van der Waals surface area contributed by atoms with Crippen LogP contribution in [0.15, 0.2) is 91.0 Å². The van der Waals surface area contributed by atoms with E-state index in [2.05, 4.69) is 45.5 Å². The van der Waals surface area contributed by atoms with Gasteiger partial charge in [-0.05, 0) is 68.2 Å². The quantitative estimate of drug-likeness (QED) is 0.224. The van der Waals surface area contributed by atoms with Crippen molar-refractivity contribution >= 4 is 23.6 Å². The van der Waals surface area contributed by atoms with E-state index in [1.54, 1.807) is 19.0 Å². The van der Waals surface area contributed by atoms with Gasteiger partial charge in [-0.1, -0.05) is 91.0 Å². The minimum Gasteiger partial charge on any atom is -0.343 e. The predicted molar refractivity (Wildman–Crippen MR) is 183 cm³/mol. The molecule has 0 spiro atoms. The number of urea groups is 1. The molecule has 3 aromatic carbocycles. The van der Waals surface area contributed by atoms with Gasteiger partial charge in [-0.3, -0.25) is 14.4 Å². The molecule has 0 unspecified atom stereocenters. The Morgan fingerprint density at radius 3 is 2.00 bits per heavy atom. The smallest absolute Gasteiger partial charge is 0.314 e. The summed E-state index contributed by atoms with van der Waals surface area (Å²) in [5.74, 6) is -0.736. The van der Waals surface area contributed by atoms with Gasteiger partial charge in [-0.25, -0.2) is 4.79 Å². The van der Waals surface area contributed by atoms with Crippen molar-refractivity contribution in [2.45, 2.75) is 75.0 Å². The molecule has 0 aliphatic carbocycles. The second kappa shape index (κ2) is 16.4. The number of carbonyl (C=O) groups excluding carboxylic acids is 4. The Balaban J connectivity index is 1.38. The maximum absolute atomic E-state index is 14.6. The lowest BCUT2D eigenvalue weighted by Crippen LogP contribution is -2.58. The third kappa shape index (κ3) is 8.46. The molecular formula is C38H47N5O4. The summed E-state index contributed by atoms with van der Waals surface area (Å²) in [6.07, 6.45) is 4.09. The molecule has 2 fully saturated rings. The fraction of sp³-hybridized carbons (Fsp3) is 0.421. The fourth-order valence-electron chi connectivity index (χ4n) is 7.27. The Morgan fingerprint density at radius 1 is 0.809 bits per heavy atom. The van der Waals surface area contributed by atoms with Crippen LogP contribution in [0.1, 0.15) is 61.1 Å². The van der Waals surface area contributed by atoms with Gasteiger partial charge in [0.15, 0.2) is 5.78 Å². The third-order valence-electron chi connectivity index (χ3n) is 9.82. The standard InChI is InChI=1S/C38H47N5O4/c1-39-32(24-26-12-6-3-7-13-26)36(45)42-35-29(22-23-41-38(47)40-2)18-19-30-20-21-33(43(30)37(35)46)34(44)25-31(27-14-8-4-9-15-27)28-16-10-5-11-17-28/h3-17,29-33,35,39H,18-25H2,1-2H3,(H,42,45)(H2,40,41,47)/t29-,30+,32-,33+,35+/m1/s1. The lowest BCUT2D eigenvalue weighted by atomic mass is 9.85. The Bertz CT molecular complexity index is 1450. The first-order chi connectivity index (χ1) is 22.9. The summed E-state index contributed by atoms with van der Waals surface area (Å²) < 4.78 is 0. The van der Waals surface area contributed by atoms with Gasteiger partial charge < -0.3 is 26.2 Å². The summed E-state index contributed by atoms with van der Waals surface area (Å²) in [4.78, 5) is 56.3. The van der Waals surface area contributed by atoms with Crippen molar-refractivity contribution in [3.8, 4) is 0 Å². The van der Waals surface area contributed by atoms with E-state index in [0.717, 1.165) is 29.5 Å². The fourth-order valence-corrected chi connectivity index (χ4v) is 7.27. The Morgan fingerprint density at radius 2 is 1.40 bits per heavy atom. The van der Waals surface area contributed by atoms with E-state index < -0.39 is 18.1 Å². The highest BCUT2D eigenvalue weighted by molar-refractivity contribution is 5.95. The zero-order valence-corrected chi connectivity index (χ0v) is 27.4. The first kappa shape index (κ1) is 33.9. The molecule has 2 heterocycles. The van der Waals surface area contributed by atoms with Gasteiger partial charge in [0.2, 0.25) is 11.8 Å². The third-order valence-corrected chi connectivity index (χ3v) is 9.82. The normalized spacial score (nSPS) is 21.4. The summed E-state index contributed by atoms with van der Waals surface area (Å²) in [7, 11) is 3.30. The van der Waals surface area contributed by atoms with Crippen molar-refractivity contribution in [1.29, 1.82) is 0 Å². The predicted octanol–water partition coefficient (Wildman–Crippen LogP) is 4.18. The molecule has 248 valence electrons. The summed E-state index contributed by atoms with van der Waals surface area (Å²) in [5, 5.41) is 11.6. The molecule has 47 heavy (non-hydrogen) atoms. The Hall–Kier alpha value is -4.50. The second-order valence-corrected chi connectivity index (χ2v) is 12.7. The number of hydrogen-bond donors (Lipinski definition) is 4. The summed E-state index contributed by atoms with van der Waals surface area (Å²) in [6.45, 7) is 0.367. The molecule has 0 bridgehead atoms. The van der Waals surface area contributed by atoms with Gasteiger partial charge in [-0.2, -0.15) is 0 Å². The van der Waals surface area contributed by atoms with E-state index >= 15 is 0 Å². The van der Waals surface area contributed by atoms with Crippen LogP contribution in [0.2, 0.25) is 0 Å². The van der Waals surface area contributed by atoms with Crippen LogP contribution in [-0.4, -0.2) is 73.3 Å². The monoisotopic (exact) mass is 637 g/mol. The van der Waals surface area contributed by atoms with E-state index in [4.69, 9.17) is 0 Å². The lowest BCUT2D eigenvalue weighted by molar-refractivity contribution is -0.143. The van der Waals surface area contributed by atoms with Crippen molar-refractivity contribution in [3.63, 3.8) is 0 Å². The molecule has 5 rings (SSSR count). The van der Waals surface area contributed by atoms with Crippen LogP contribution in [0.5, 0.6) is 0 Å². The zero-order valence-electron chi connectivity index (χ0n) is 27.4. The van der Waals surface area contributed by atoms with Crippen LogP contribution in [-0.2, 0) is 20.8 Å². The zero-order chi connectivity index (χ0) is 33.2. The van der Waals surface area contributed by atoms with Gasteiger partial charge in [0.1, 0.15) is 6.04 Å². The number of nitrogens with zero attached hydrogens (tertiary/aromatic N) is 1. The number of Topliss-reactive ketones (excluding diaryl/α,β-unsaturated/α-hetero) is 1. The highest BCUT2D eigenvalue weighted by Crippen LogP contribution is 2.37. The molecule has 4 amide bonds. The average molecular weight is 638 g/mol. The number of ketones is 1. The maximum Gasteiger partial charge on any atom is 0.314 e. The molecule has 0 aromatic heterocycles. The van der Waals surface area contributed by atoms with Gasteiger partial charge >= 0.3 is 6.03 Å². The highest BCUT2D eigenvalue weighted by atomic mass is 16.2. The Labute approximate surface area is 277 Å². The number of fused-ring (bicyclic) bond motifs is 1. The van der Waals surface area contributed by atoms with Crippen LogP contribution in [0.4, 0.5) is 4.79 Å². The molecule has 4 N–H and O–H groups in total. The lowest BCUT2D eigenvalue weighted by Gasteiger charge is -2.33. The van der Waals surface area contributed by atoms with Crippen molar-refractivity contribution in [2.24, 2.45) is 5.92 Å². The maximum atomic E-state index is 14.6. The number of rotatable bonds is 13. The molecule has 2 aliphatic heterocycles. The van der Waals surface area contributed by atoms with Crippen molar-refractivity contribution in [3.05, 3.63) is 108 Å². The first-order valence-electron chi connectivity index (χ1n) is 16.8. The second-order valence-electron chi connectivity index (χ2n) is 12.7. The molecule has 5 atom stereocenters. The van der Waals surface area contributed by atoms with E-state index in [9.17, 15) is 19.2 Å². The minimum absolute atomic E-state index is 0.0422. The number of nitrogens with one attached hydrogen (secondary N) is 4. The summed E-state index contributed by atoms with van der Waals surface area (Å²) in [5.41, 5.74) is 3.14. The highest BCUT2D eigenvalue weighted by Gasteiger charge is 2.47. The average Bonchev–Trinajstić information content (AvgIpc) is 3.50. The van der Waals surface area contributed by atoms with E-state index in [1.807, 2.05) is 66.7 Å². The number of amides is 4. The van der Waals surface area contributed by atoms with Crippen LogP contribution < -0.4 is 21.3 Å². The molecule has 9 heteroatoms. The number of carbonyl (C=O) groups is 4. The minimum atomic E-state index is -0.807. The van der Waals surface area contributed by atoms with E-state index in [0.29, 0.717) is 32.2 Å². The number of benzene rings is 3. The van der Waals surface area contributed by atoms with E-state index in [-0.39, 0.29) is 47.9 Å². The summed E-state index contributed by atoms with van der Waals surface area (Å²) in [6, 6.07) is 27.6. The van der Waals surface area contributed by atoms with Gasteiger partial charge in [0.25, 0.3) is 0 Å². The van der Waals surface area contributed by atoms with Gasteiger partial charge in [0, 0.05) is 32.0 Å². The van der Waals surface area contributed by atoms with Crippen molar-refractivity contribution in [1.82, 2.24) is 26.2 Å². The van der Waals surface area contributed by atoms with Crippen molar-refractivity contribution < 1.29 is 19.2 Å². The number of likely N-dealkylation sites (N-methyl/N-ethyl adjacent to an activating group) is 1. The van der Waals surface area contributed by atoms with E-state index in [1.165, 1.54) is 0 Å². The molecule has 9 nitrogen and oxygen atoms in total. The molecular weight excluding hydrogens is 590 g/mol. The first-order valence-corrected chi connectivity index (χ1v) is 16.8. The SMILES string of the molecule is CNC(=O)NCC[C@H]1CC[C@H]2CC[C@@H](C(=O)CC(c3ccccc3)c3ccccc3)N2C(=O)[C@H]1NC(=O)[C@@H](Cc1ccccc1)NC. The Kier molecular flexibility index (Phi) is 11.8. The molecule has 2 aliphatic rings. The van der Waals surface area contributed by atoms with Crippen LogP contribution in [0, 0.1) is 5.92 Å². The van der Waals surface area contributed by atoms with Crippen LogP contribution >= 0.6 is 0 Å². The molecule has 0 radical (unpaired) electrons. The summed E-state index contributed by atoms with van der Waals surface area (Å²) >= 11 is 0. The largest absolute Gasteiger partial charge is 0.343 e. The molecule has 0 saturated carbocycles. The van der Waals surface area contributed by atoms with Crippen LogP contribution in [0.3, 0.4) is 0 Å². The molecule has 3 aromatic rings. The molecule has 2 saturated heterocycles. The topological polar surface area (TPSA) is 120 Å².